The maximum Gasteiger partial charge on any atom is 0.0130 e. The maximum absolute atomic E-state index is 5.85. The highest BCUT2D eigenvalue weighted by Crippen LogP contribution is 2.09. The van der Waals surface area contributed by atoms with E-state index in [9.17, 15) is 0 Å². The Hall–Kier alpha value is 0.310. The molecule has 0 aromatic carbocycles. The van der Waals surface area contributed by atoms with Gasteiger partial charge in [0.1, 0.15) is 0 Å². The van der Waals surface area contributed by atoms with Crippen molar-refractivity contribution < 1.29 is 0 Å². The predicted molar refractivity (Wildman–Crippen MR) is 55.0 cm³/mol. The summed E-state index contributed by atoms with van der Waals surface area (Å²) in [5.74, 6) is 3.18. The molecule has 0 rings (SSSR count). The fourth-order valence-electron chi connectivity index (χ4n) is 0.909. The van der Waals surface area contributed by atoms with Gasteiger partial charge in [-0.3, -0.25) is 0 Å². The molecule has 0 amide bonds. The lowest BCUT2D eigenvalue weighted by Gasteiger charge is -2.10. The van der Waals surface area contributed by atoms with Gasteiger partial charge in [0, 0.05) is 11.8 Å². The van der Waals surface area contributed by atoms with Gasteiger partial charge in [-0.1, -0.05) is 27.2 Å². The lowest BCUT2D eigenvalue weighted by molar-refractivity contribution is 0.658. The second kappa shape index (κ2) is 6.99. The lowest BCUT2D eigenvalue weighted by Crippen LogP contribution is -2.22. The third kappa shape index (κ3) is 8.21. The Bertz CT molecular complexity index is 83.6. The number of rotatable bonds is 6. The van der Waals surface area contributed by atoms with Crippen LogP contribution in [0.4, 0.5) is 0 Å². The number of hydrogen-bond acceptors (Lipinski definition) is 2. The first-order valence-electron chi connectivity index (χ1n) is 4.50. The average Bonchev–Trinajstić information content (AvgIpc) is 1.87. The lowest BCUT2D eigenvalue weighted by atomic mass is 10.2. The zero-order chi connectivity index (χ0) is 8.69. The highest BCUT2D eigenvalue weighted by Gasteiger charge is 2.01. The summed E-state index contributed by atoms with van der Waals surface area (Å²) < 4.78 is 0. The zero-order valence-electron chi connectivity index (χ0n) is 7.97. The summed E-state index contributed by atoms with van der Waals surface area (Å²) in [5, 5.41) is 0. The molecule has 0 radical (unpaired) electrons. The second-order valence-electron chi connectivity index (χ2n) is 3.48. The molecule has 0 heterocycles. The number of hydrogen-bond donors (Lipinski definition) is 1. The summed E-state index contributed by atoms with van der Waals surface area (Å²) in [6, 6.07) is 0.420. The van der Waals surface area contributed by atoms with Crippen LogP contribution in [0.25, 0.3) is 0 Å². The fourth-order valence-corrected chi connectivity index (χ4v) is 1.99. The van der Waals surface area contributed by atoms with Gasteiger partial charge >= 0.3 is 0 Å². The number of nitrogens with two attached hydrogens (primary N) is 1. The minimum Gasteiger partial charge on any atom is -0.327 e. The first-order valence-corrected chi connectivity index (χ1v) is 5.65. The summed E-state index contributed by atoms with van der Waals surface area (Å²) in [4.78, 5) is 0. The minimum atomic E-state index is 0.420. The molecule has 0 saturated heterocycles. The van der Waals surface area contributed by atoms with Gasteiger partial charge in [-0.15, -0.1) is 0 Å². The Morgan fingerprint density at radius 3 is 2.36 bits per heavy atom. The maximum atomic E-state index is 5.85. The van der Waals surface area contributed by atoms with Gasteiger partial charge in [0.2, 0.25) is 0 Å². The standard InChI is InChI=1S/C9H21NS/c1-4-5-9(10)7-11-6-8(2)3/h8-9H,4-7,10H2,1-3H3/t9-/m1/s1. The normalized spacial score (nSPS) is 13.9. The van der Waals surface area contributed by atoms with E-state index in [4.69, 9.17) is 5.73 Å². The fraction of sp³-hybridized carbons (Fsp3) is 1.00. The molecule has 11 heavy (non-hydrogen) atoms. The van der Waals surface area contributed by atoms with Gasteiger partial charge in [-0.2, -0.15) is 11.8 Å². The van der Waals surface area contributed by atoms with Crippen molar-refractivity contribution in [3.63, 3.8) is 0 Å². The van der Waals surface area contributed by atoms with Gasteiger partial charge in [0.15, 0.2) is 0 Å². The van der Waals surface area contributed by atoms with E-state index in [2.05, 4.69) is 20.8 Å². The van der Waals surface area contributed by atoms with Crippen molar-refractivity contribution in [2.45, 2.75) is 39.7 Å². The van der Waals surface area contributed by atoms with E-state index in [1.807, 2.05) is 11.8 Å². The predicted octanol–water partition coefficient (Wildman–Crippen LogP) is 2.50. The van der Waals surface area contributed by atoms with Crippen molar-refractivity contribution in [3.8, 4) is 0 Å². The molecule has 2 heteroatoms. The molecule has 0 aliphatic heterocycles. The molecule has 0 aromatic rings. The first-order chi connectivity index (χ1) is 5.16. The quantitative estimate of drug-likeness (QED) is 0.671. The first kappa shape index (κ1) is 11.3. The van der Waals surface area contributed by atoms with E-state index in [-0.39, 0.29) is 0 Å². The van der Waals surface area contributed by atoms with Crippen LogP contribution in [0.3, 0.4) is 0 Å². The van der Waals surface area contributed by atoms with Crippen LogP contribution in [0, 0.1) is 5.92 Å². The molecule has 0 spiro atoms. The molecule has 2 N–H and O–H groups in total. The van der Waals surface area contributed by atoms with Crippen LogP contribution < -0.4 is 5.73 Å². The van der Waals surface area contributed by atoms with Crippen molar-refractivity contribution in [1.82, 2.24) is 0 Å². The summed E-state index contributed by atoms with van der Waals surface area (Å²) in [5.41, 5.74) is 5.85. The Balaban J connectivity index is 3.10. The Morgan fingerprint density at radius 2 is 1.91 bits per heavy atom. The van der Waals surface area contributed by atoms with E-state index in [1.54, 1.807) is 0 Å². The van der Waals surface area contributed by atoms with Crippen LogP contribution >= 0.6 is 11.8 Å². The molecular formula is C9H21NS. The van der Waals surface area contributed by atoms with E-state index in [0.29, 0.717) is 6.04 Å². The van der Waals surface area contributed by atoms with E-state index in [1.165, 1.54) is 18.6 Å². The van der Waals surface area contributed by atoms with Gasteiger partial charge in [0.05, 0.1) is 0 Å². The van der Waals surface area contributed by atoms with Gasteiger partial charge < -0.3 is 5.73 Å². The largest absolute Gasteiger partial charge is 0.327 e. The molecule has 0 aliphatic rings. The SMILES string of the molecule is CCC[C@@H](N)CSCC(C)C. The highest BCUT2D eigenvalue weighted by atomic mass is 32.2. The van der Waals surface area contributed by atoms with Crippen LogP contribution in [0.5, 0.6) is 0 Å². The van der Waals surface area contributed by atoms with Crippen molar-refractivity contribution in [2.75, 3.05) is 11.5 Å². The molecule has 0 aromatic heterocycles. The van der Waals surface area contributed by atoms with Gasteiger partial charge in [-0.25, -0.2) is 0 Å². The Morgan fingerprint density at radius 1 is 1.27 bits per heavy atom. The van der Waals surface area contributed by atoms with Gasteiger partial charge in [0.25, 0.3) is 0 Å². The minimum absolute atomic E-state index is 0.420. The topological polar surface area (TPSA) is 26.0 Å². The zero-order valence-corrected chi connectivity index (χ0v) is 8.79. The monoisotopic (exact) mass is 175 g/mol. The summed E-state index contributed by atoms with van der Waals surface area (Å²) in [7, 11) is 0. The van der Waals surface area contributed by atoms with Crippen LogP contribution in [-0.2, 0) is 0 Å². The molecule has 0 aliphatic carbocycles. The smallest absolute Gasteiger partial charge is 0.0130 e. The summed E-state index contributed by atoms with van der Waals surface area (Å²) in [6.45, 7) is 6.68. The molecule has 1 nitrogen and oxygen atoms in total. The third-order valence-corrected chi connectivity index (χ3v) is 3.01. The van der Waals surface area contributed by atoms with Crippen molar-refractivity contribution >= 4 is 11.8 Å². The van der Waals surface area contributed by atoms with Crippen molar-refractivity contribution in [3.05, 3.63) is 0 Å². The molecular weight excluding hydrogens is 154 g/mol. The summed E-state index contributed by atoms with van der Waals surface area (Å²) >= 11 is 1.98. The molecule has 0 saturated carbocycles. The Kier molecular flexibility index (Phi) is 7.18. The van der Waals surface area contributed by atoms with E-state index in [0.717, 1.165) is 11.7 Å². The van der Waals surface area contributed by atoms with Crippen LogP contribution in [0.2, 0.25) is 0 Å². The summed E-state index contributed by atoms with van der Waals surface area (Å²) in [6.07, 6.45) is 2.38. The van der Waals surface area contributed by atoms with Crippen LogP contribution in [0.1, 0.15) is 33.6 Å². The van der Waals surface area contributed by atoms with Crippen molar-refractivity contribution in [1.29, 1.82) is 0 Å². The second-order valence-corrected chi connectivity index (χ2v) is 4.55. The van der Waals surface area contributed by atoms with Crippen LogP contribution in [-0.4, -0.2) is 17.5 Å². The molecule has 1 atom stereocenters. The van der Waals surface area contributed by atoms with Crippen LogP contribution in [0.15, 0.2) is 0 Å². The molecule has 0 fully saturated rings. The van der Waals surface area contributed by atoms with E-state index < -0.39 is 0 Å². The average molecular weight is 175 g/mol. The highest BCUT2D eigenvalue weighted by molar-refractivity contribution is 7.99. The molecule has 68 valence electrons. The van der Waals surface area contributed by atoms with Crippen molar-refractivity contribution in [2.24, 2.45) is 11.7 Å². The van der Waals surface area contributed by atoms with Gasteiger partial charge in [-0.05, 0) is 18.1 Å². The molecule has 0 bridgehead atoms. The molecule has 0 unspecified atom stereocenters. The third-order valence-electron chi connectivity index (χ3n) is 1.44. The van der Waals surface area contributed by atoms with E-state index >= 15 is 0 Å². The Labute approximate surface area is 75.1 Å². The number of thioether (sulfide) groups is 1.